The zero-order chi connectivity index (χ0) is 17.4. The van der Waals surface area contributed by atoms with Crippen molar-refractivity contribution in [3.05, 3.63) is 88.2 Å². The Balaban J connectivity index is 1.65. The van der Waals surface area contributed by atoms with Gasteiger partial charge in [0.25, 0.3) is 5.56 Å². The topological polar surface area (TPSA) is 52.7 Å². The highest BCUT2D eigenvalue weighted by molar-refractivity contribution is 5.76. The summed E-state index contributed by atoms with van der Waals surface area (Å²) >= 11 is 0. The van der Waals surface area contributed by atoms with Gasteiger partial charge in [-0.15, -0.1) is 0 Å². The molecule has 25 heavy (non-hydrogen) atoms. The molecule has 4 aromatic rings. The monoisotopic (exact) mass is 330 g/mol. The zero-order valence-corrected chi connectivity index (χ0v) is 14.2. The molecule has 4 rings (SSSR count). The SMILES string of the molecule is Cc1cc(C)n(-c2ccc(Cn3cnc4ccccc4c3=O)cc2)n1. The van der Waals surface area contributed by atoms with Gasteiger partial charge in [-0.1, -0.05) is 24.3 Å². The summed E-state index contributed by atoms with van der Waals surface area (Å²) in [6, 6.07) is 17.5. The lowest BCUT2D eigenvalue weighted by molar-refractivity contribution is 0.747. The van der Waals surface area contributed by atoms with Crippen molar-refractivity contribution in [1.29, 1.82) is 0 Å². The number of aromatic nitrogens is 4. The van der Waals surface area contributed by atoms with Gasteiger partial charge in [0, 0.05) is 5.69 Å². The maximum Gasteiger partial charge on any atom is 0.261 e. The van der Waals surface area contributed by atoms with Crippen LogP contribution in [-0.2, 0) is 6.54 Å². The van der Waals surface area contributed by atoms with E-state index in [1.807, 2.05) is 73.1 Å². The van der Waals surface area contributed by atoms with Crippen LogP contribution in [0.2, 0.25) is 0 Å². The zero-order valence-electron chi connectivity index (χ0n) is 14.2. The first-order valence-electron chi connectivity index (χ1n) is 8.18. The average Bonchev–Trinajstić information content (AvgIpc) is 2.96. The number of rotatable bonds is 3. The number of nitrogens with zero attached hydrogens (tertiary/aromatic N) is 4. The van der Waals surface area contributed by atoms with Crippen LogP contribution >= 0.6 is 0 Å². The van der Waals surface area contributed by atoms with Crippen molar-refractivity contribution in [3.63, 3.8) is 0 Å². The van der Waals surface area contributed by atoms with Gasteiger partial charge in [-0.3, -0.25) is 9.36 Å². The predicted molar refractivity (Wildman–Crippen MR) is 98.1 cm³/mol. The molecule has 2 heterocycles. The Hall–Kier alpha value is -3.21. The van der Waals surface area contributed by atoms with Gasteiger partial charge in [0.1, 0.15) is 0 Å². The van der Waals surface area contributed by atoms with Crippen LogP contribution in [0.5, 0.6) is 0 Å². The lowest BCUT2D eigenvalue weighted by Gasteiger charge is -2.09. The second-order valence-electron chi connectivity index (χ2n) is 6.20. The Labute approximate surface area is 145 Å². The third-order valence-electron chi connectivity index (χ3n) is 4.27. The maximum atomic E-state index is 12.6. The van der Waals surface area contributed by atoms with E-state index in [9.17, 15) is 4.79 Å². The molecule has 5 heteroatoms. The van der Waals surface area contributed by atoms with Crippen molar-refractivity contribution in [1.82, 2.24) is 19.3 Å². The van der Waals surface area contributed by atoms with E-state index >= 15 is 0 Å². The van der Waals surface area contributed by atoms with Gasteiger partial charge in [0.2, 0.25) is 0 Å². The Morgan fingerprint density at radius 2 is 1.76 bits per heavy atom. The maximum absolute atomic E-state index is 12.6. The highest BCUT2D eigenvalue weighted by atomic mass is 16.1. The molecule has 0 unspecified atom stereocenters. The third-order valence-corrected chi connectivity index (χ3v) is 4.27. The molecule has 2 aromatic heterocycles. The fourth-order valence-corrected chi connectivity index (χ4v) is 3.05. The molecular formula is C20H18N4O. The number of fused-ring (bicyclic) bond motifs is 1. The molecule has 0 saturated heterocycles. The van der Waals surface area contributed by atoms with Gasteiger partial charge in [-0.25, -0.2) is 9.67 Å². The first-order chi connectivity index (χ1) is 12.1. The highest BCUT2D eigenvalue weighted by Crippen LogP contribution is 2.14. The van der Waals surface area contributed by atoms with Gasteiger partial charge in [-0.05, 0) is 49.7 Å². The summed E-state index contributed by atoms with van der Waals surface area (Å²) < 4.78 is 3.56. The summed E-state index contributed by atoms with van der Waals surface area (Å²) in [7, 11) is 0. The molecular weight excluding hydrogens is 312 g/mol. The summed E-state index contributed by atoms with van der Waals surface area (Å²) in [6.45, 7) is 4.51. The van der Waals surface area contributed by atoms with Gasteiger partial charge in [0.15, 0.2) is 0 Å². The summed E-state index contributed by atoms with van der Waals surface area (Å²) in [5, 5.41) is 5.14. The van der Waals surface area contributed by atoms with Crippen molar-refractivity contribution in [2.75, 3.05) is 0 Å². The van der Waals surface area contributed by atoms with E-state index in [-0.39, 0.29) is 5.56 Å². The molecule has 0 N–H and O–H groups in total. The first-order valence-corrected chi connectivity index (χ1v) is 8.18. The molecule has 0 bridgehead atoms. The average molecular weight is 330 g/mol. The molecule has 5 nitrogen and oxygen atoms in total. The Morgan fingerprint density at radius 1 is 1.00 bits per heavy atom. The van der Waals surface area contributed by atoms with Crippen LogP contribution in [0.15, 0.2) is 65.7 Å². The molecule has 0 amide bonds. The summed E-state index contributed by atoms with van der Waals surface area (Å²) in [5.74, 6) is 0. The van der Waals surface area contributed by atoms with Gasteiger partial charge >= 0.3 is 0 Å². The Bertz CT molecular complexity index is 1110. The van der Waals surface area contributed by atoms with Crippen LogP contribution in [-0.4, -0.2) is 19.3 Å². The minimum absolute atomic E-state index is 0.0202. The number of aryl methyl sites for hydroxylation is 2. The summed E-state index contributed by atoms with van der Waals surface area (Å²) in [4.78, 5) is 16.9. The fourth-order valence-electron chi connectivity index (χ4n) is 3.05. The van der Waals surface area contributed by atoms with Crippen molar-refractivity contribution in [3.8, 4) is 5.69 Å². The van der Waals surface area contributed by atoms with Crippen LogP contribution in [0.4, 0.5) is 0 Å². The molecule has 2 aromatic carbocycles. The standard InChI is InChI=1S/C20H18N4O/c1-14-11-15(2)24(22-14)17-9-7-16(8-10-17)12-23-13-21-19-6-4-3-5-18(19)20(23)25/h3-11,13H,12H2,1-2H3. The van der Waals surface area contributed by atoms with Crippen LogP contribution in [0.25, 0.3) is 16.6 Å². The number of benzene rings is 2. The highest BCUT2D eigenvalue weighted by Gasteiger charge is 2.06. The molecule has 0 aliphatic carbocycles. The van der Waals surface area contributed by atoms with Crippen molar-refractivity contribution < 1.29 is 0 Å². The van der Waals surface area contributed by atoms with Gasteiger partial charge in [-0.2, -0.15) is 5.10 Å². The van der Waals surface area contributed by atoms with E-state index in [4.69, 9.17) is 0 Å². The quantitative estimate of drug-likeness (QED) is 0.579. The minimum Gasteiger partial charge on any atom is -0.294 e. The van der Waals surface area contributed by atoms with Crippen LogP contribution in [0.1, 0.15) is 17.0 Å². The van der Waals surface area contributed by atoms with Crippen molar-refractivity contribution >= 4 is 10.9 Å². The molecule has 0 spiro atoms. The third kappa shape index (κ3) is 2.85. The van der Waals surface area contributed by atoms with Crippen LogP contribution < -0.4 is 5.56 Å². The smallest absolute Gasteiger partial charge is 0.261 e. The summed E-state index contributed by atoms with van der Waals surface area (Å²) in [5.41, 5.74) is 4.86. The molecule has 0 fully saturated rings. The predicted octanol–water partition coefficient (Wildman–Crippen LogP) is 3.25. The minimum atomic E-state index is -0.0202. The van der Waals surface area contributed by atoms with E-state index in [1.54, 1.807) is 10.9 Å². The summed E-state index contributed by atoms with van der Waals surface area (Å²) in [6.07, 6.45) is 1.61. The Kier molecular flexibility index (Phi) is 3.69. The molecule has 0 atom stereocenters. The molecule has 0 radical (unpaired) electrons. The fraction of sp³-hybridized carbons (Fsp3) is 0.150. The molecule has 0 aliphatic rings. The Morgan fingerprint density at radius 3 is 2.48 bits per heavy atom. The molecule has 0 aliphatic heterocycles. The van der Waals surface area contributed by atoms with Crippen molar-refractivity contribution in [2.24, 2.45) is 0 Å². The van der Waals surface area contributed by atoms with E-state index < -0.39 is 0 Å². The van der Waals surface area contributed by atoms with E-state index in [0.717, 1.165) is 28.2 Å². The normalized spacial score (nSPS) is 11.1. The largest absolute Gasteiger partial charge is 0.294 e. The van der Waals surface area contributed by atoms with E-state index in [2.05, 4.69) is 10.1 Å². The number of hydrogen-bond acceptors (Lipinski definition) is 3. The second-order valence-corrected chi connectivity index (χ2v) is 6.20. The lowest BCUT2D eigenvalue weighted by Crippen LogP contribution is -2.21. The second kappa shape index (κ2) is 6.02. The van der Waals surface area contributed by atoms with Gasteiger partial charge < -0.3 is 0 Å². The van der Waals surface area contributed by atoms with E-state index in [0.29, 0.717) is 11.9 Å². The van der Waals surface area contributed by atoms with E-state index in [1.165, 1.54) is 0 Å². The van der Waals surface area contributed by atoms with Crippen LogP contribution in [0.3, 0.4) is 0 Å². The van der Waals surface area contributed by atoms with Crippen molar-refractivity contribution in [2.45, 2.75) is 20.4 Å². The first kappa shape index (κ1) is 15.3. The number of hydrogen-bond donors (Lipinski definition) is 0. The lowest BCUT2D eigenvalue weighted by atomic mass is 10.2. The molecule has 124 valence electrons. The van der Waals surface area contributed by atoms with Gasteiger partial charge in [0.05, 0.1) is 35.2 Å². The molecule has 0 saturated carbocycles. The van der Waals surface area contributed by atoms with Crippen LogP contribution in [0, 0.1) is 13.8 Å². The number of para-hydroxylation sites is 1.